The molecule has 0 saturated carbocycles. The summed E-state index contributed by atoms with van der Waals surface area (Å²) in [5, 5.41) is 0.860. The zero-order chi connectivity index (χ0) is 10.9. The minimum atomic E-state index is -4.01. The van der Waals surface area contributed by atoms with E-state index in [4.69, 9.17) is 4.55 Å². The first-order valence-corrected chi connectivity index (χ1v) is 5.95. The summed E-state index contributed by atoms with van der Waals surface area (Å²) in [5.74, 6) is -0.401. The van der Waals surface area contributed by atoms with Gasteiger partial charge in [-0.1, -0.05) is 24.3 Å². The van der Waals surface area contributed by atoms with E-state index in [0.29, 0.717) is 11.1 Å². The van der Waals surface area contributed by atoms with Crippen molar-refractivity contribution in [2.45, 2.75) is 5.75 Å². The Morgan fingerprint density at radius 2 is 1.93 bits per heavy atom. The first-order chi connectivity index (χ1) is 7.06. The average Bonchev–Trinajstić information content (AvgIpc) is 2.16. The lowest BCUT2D eigenvalue weighted by Crippen LogP contribution is -2.02. The number of benzene rings is 1. The largest absolute Gasteiger partial charge is 0.285 e. The maximum atomic E-state index is 10.8. The van der Waals surface area contributed by atoms with Crippen molar-refractivity contribution in [3.63, 3.8) is 0 Å². The zero-order valence-electron chi connectivity index (χ0n) is 7.79. The molecule has 0 saturated heterocycles. The fourth-order valence-corrected chi connectivity index (χ4v) is 2.11. The van der Waals surface area contributed by atoms with E-state index >= 15 is 0 Å². The number of para-hydroxylation sites is 1. The SMILES string of the molecule is O=S(=O)(O)Cc1cccc2cccnc12. The summed E-state index contributed by atoms with van der Waals surface area (Å²) in [4.78, 5) is 4.09. The number of hydrogen-bond acceptors (Lipinski definition) is 3. The van der Waals surface area contributed by atoms with Crippen LogP contribution < -0.4 is 0 Å². The Kier molecular flexibility index (Phi) is 2.42. The van der Waals surface area contributed by atoms with Crippen LogP contribution in [-0.2, 0) is 15.9 Å². The van der Waals surface area contributed by atoms with Gasteiger partial charge in [-0.3, -0.25) is 9.54 Å². The molecule has 1 aromatic heterocycles. The number of fused-ring (bicyclic) bond motifs is 1. The van der Waals surface area contributed by atoms with Crippen molar-refractivity contribution in [3.05, 3.63) is 42.1 Å². The van der Waals surface area contributed by atoms with E-state index in [1.165, 1.54) is 0 Å². The van der Waals surface area contributed by atoms with Crippen LogP contribution in [0.4, 0.5) is 0 Å². The number of rotatable bonds is 2. The van der Waals surface area contributed by atoms with E-state index in [9.17, 15) is 8.42 Å². The molecule has 4 nitrogen and oxygen atoms in total. The van der Waals surface area contributed by atoms with Crippen molar-refractivity contribution in [1.82, 2.24) is 4.98 Å². The Morgan fingerprint density at radius 3 is 2.67 bits per heavy atom. The first-order valence-electron chi connectivity index (χ1n) is 4.34. The molecule has 78 valence electrons. The molecule has 0 aliphatic rings. The number of aromatic nitrogens is 1. The minimum absolute atomic E-state index is 0.401. The highest BCUT2D eigenvalue weighted by Gasteiger charge is 2.09. The highest BCUT2D eigenvalue weighted by Crippen LogP contribution is 2.17. The van der Waals surface area contributed by atoms with E-state index < -0.39 is 15.9 Å². The molecule has 0 radical (unpaired) electrons. The molecule has 15 heavy (non-hydrogen) atoms. The second-order valence-corrected chi connectivity index (χ2v) is 4.67. The van der Waals surface area contributed by atoms with Crippen molar-refractivity contribution in [2.24, 2.45) is 0 Å². The van der Waals surface area contributed by atoms with Gasteiger partial charge in [0, 0.05) is 11.6 Å². The number of nitrogens with zero attached hydrogens (tertiary/aromatic N) is 1. The molecule has 0 bridgehead atoms. The van der Waals surface area contributed by atoms with Gasteiger partial charge in [-0.05, 0) is 11.6 Å². The molecule has 1 aromatic carbocycles. The molecule has 0 aliphatic heterocycles. The highest BCUT2D eigenvalue weighted by atomic mass is 32.2. The molecule has 0 atom stereocenters. The molecule has 2 aromatic rings. The van der Waals surface area contributed by atoms with Gasteiger partial charge in [-0.2, -0.15) is 8.42 Å². The zero-order valence-corrected chi connectivity index (χ0v) is 8.61. The first kappa shape index (κ1) is 10.1. The lowest BCUT2D eigenvalue weighted by molar-refractivity contribution is 0.482. The molecule has 1 heterocycles. The van der Waals surface area contributed by atoms with Crippen LogP contribution in [0.25, 0.3) is 10.9 Å². The average molecular weight is 223 g/mol. The van der Waals surface area contributed by atoms with Crippen molar-refractivity contribution in [3.8, 4) is 0 Å². The van der Waals surface area contributed by atoms with E-state index in [1.54, 1.807) is 24.4 Å². The van der Waals surface area contributed by atoms with E-state index in [1.807, 2.05) is 12.1 Å². The third-order valence-corrected chi connectivity index (χ3v) is 2.73. The Morgan fingerprint density at radius 1 is 1.20 bits per heavy atom. The van der Waals surface area contributed by atoms with Crippen LogP contribution in [0.5, 0.6) is 0 Å². The predicted octanol–water partition coefficient (Wildman–Crippen LogP) is 1.62. The molecule has 2 rings (SSSR count). The van der Waals surface area contributed by atoms with Crippen LogP contribution in [0, 0.1) is 0 Å². The summed E-state index contributed by atoms with van der Waals surface area (Å²) in [6.45, 7) is 0. The topological polar surface area (TPSA) is 67.3 Å². The second-order valence-electron chi connectivity index (χ2n) is 3.22. The van der Waals surface area contributed by atoms with Gasteiger partial charge in [-0.25, -0.2) is 0 Å². The van der Waals surface area contributed by atoms with Gasteiger partial charge < -0.3 is 0 Å². The summed E-state index contributed by atoms with van der Waals surface area (Å²) >= 11 is 0. The number of pyridine rings is 1. The summed E-state index contributed by atoms with van der Waals surface area (Å²) in [6.07, 6.45) is 1.59. The van der Waals surface area contributed by atoms with Crippen molar-refractivity contribution >= 4 is 21.0 Å². The normalized spacial score (nSPS) is 11.8. The van der Waals surface area contributed by atoms with Crippen LogP contribution in [0.1, 0.15) is 5.56 Å². The molecule has 0 amide bonds. The summed E-state index contributed by atoms with van der Waals surface area (Å²) in [5.41, 5.74) is 1.12. The fraction of sp³-hybridized carbons (Fsp3) is 0.100. The van der Waals surface area contributed by atoms with Crippen molar-refractivity contribution in [1.29, 1.82) is 0 Å². The van der Waals surface area contributed by atoms with Gasteiger partial charge in [0.25, 0.3) is 10.1 Å². The Balaban J connectivity index is 2.61. The van der Waals surface area contributed by atoms with E-state index in [0.717, 1.165) is 5.39 Å². The van der Waals surface area contributed by atoms with Crippen LogP contribution in [-0.4, -0.2) is 18.0 Å². The molecule has 1 N–H and O–H groups in total. The van der Waals surface area contributed by atoms with Gasteiger partial charge in [0.2, 0.25) is 0 Å². The Labute approximate surface area is 87.3 Å². The number of hydrogen-bond donors (Lipinski definition) is 1. The quantitative estimate of drug-likeness (QED) is 0.785. The molecular weight excluding hydrogens is 214 g/mol. The van der Waals surface area contributed by atoms with E-state index in [2.05, 4.69) is 4.98 Å². The van der Waals surface area contributed by atoms with Gasteiger partial charge in [0.05, 0.1) is 5.52 Å². The monoisotopic (exact) mass is 223 g/mol. The second kappa shape index (κ2) is 3.60. The predicted molar refractivity (Wildman–Crippen MR) is 57.0 cm³/mol. The highest BCUT2D eigenvalue weighted by molar-refractivity contribution is 7.85. The molecule has 0 unspecified atom stereocenters. The summed E-state index contributed by atoms with van der Waals surface area (Å²) in [7, 11) is -4.01. The summed E-state index contributed by atoms with van der Waals surface area (Å²) < 4.78 is 30.3. The van der Waals surface area contributed by atoms with Crippen LogP contribution in [0.2, 0.25) is 0 Å². The van der Waals surface area contributed by atoms with Gasteiger partial charge >= 0.3 is 0 Å². The maximum Gasteiger partial charge on any atom is 0.269 e. The van der Waals surface area contributed by atoms with Crippen molar-refractivity contribution in [2.75, 3.05) is 0 Å². The summed E-state index contributed by atoms with van der Waals surface area (Å²) in [6, 6.07) is 8.85. The standard InChI is InChI=1S/C10H9NO3S/c12-15(13,14)7-9-4-1-3-8-5-2-6-11-10(8)9/h1-6H,7H2,(H,12,13,14). The van der Waals surface area contributed by atoms with Crippen LogP contribution in [0.15, 0.2) is 36.5 Å². The smallest absolute Gasteiger partial charge is 0.269 e. The molecule has 0 fully saturated rings. The fourth-order valence-electron chi connectivity index (χ4n) is 1.48. The molecule has 0 aliphatic carbocycles. The third-order valence-electron chi connectivity index (χ3n) is 2.05. The van der Waals surface area contributed by atoms with E-state index in [-0.39, 0.29) is 0 Å². The Hall–Kier alpha value is -1.46. The molecular formula is C10H9NO3S. The lowest BCUT2D eigenvalue weighted by Gasteiger charge is -2.02. The van der Waals surface area contributed by atoms with Crippen LogP contribution >= 0.6 is 0 Å². The van der Waals surface area contributed by atoms with Gasteiger partial charge in [-0.15, -0.1) is 0 Å². The third kappa shape index (κ3) is 2.31. The molecule has 5 heteroatoms. The lowest BCUT2D eigenvalue weighted by atomic mass is 10.1. The maximum absolute atomic E-state index is 10.8. The van der Waals surface area contributed by atoms with Gasteiger partial charge in [0.1, 0.15) is 5.75 Å². The minimum Gasteiger partial charge on any atom is -0.285 e. The molecule has 0 spiro atoms. The Bertz CT molecular complexity index is 587. The van der Waals surface area contributed by atoms with Crippen LogP contribution in [0.3, 0.4) is 0 Å². The van der Waals surface area contributed by atoms with Gasteiger partial charge in [0.15, 0.2) is 0 Å². The van der Waals surface area contributed by atoms with Crippen molar-refractivity contribution < 1.29 is 13.0 Å².